The Bertz CT molecular complexity index is 205. The summed E-state index contributed by atoms with van der Waals surface area (Å²) in [5.74, 6) is 0.424. The summed E-state index contributed by atoms with van der Waals surface area (Å²) in [6, 6.07) is 0. The van der Waals surface area contributed by atoms with Crippen molar-refractivity contribution in [3.8, 4) is 0 Å². The molecule has 2 saturated carbocycles. The van der Waals surface area contributed by atoms with Crippen LogP contribution in [-0.2, 0) is 0 Å². The molecular formula is C9H15NO2. The van der Waals surface area contributed by atoms with Crippen LogP contribution in [0.25, 0.3) is 0 Å². The molecule has 2 aliphatic rings. The van der Waals surface area contributed by atoms with E-state index in [4.69, 9.17) is 0 Å². The second-order valence-electron chi connectivity index (χ2n) is 4.21. The van der Waals surface area contributed by atoms with Crippen LogP contribution >= 0.6 is 0 Å². The van der Waals surface area contributed by atoms with Crippen LogP contribution in [0.4, 0.5) is 0 Å². The van der Waals surface area contributed by atoms with Crippen LogP contribution in [0, 0.1) is 16.0 Å². The van der Waals surface area contributed by atoms with Gasteiger partial charge in [0.15, 0.2) is 0 Å². The molecule has 0 amide bonds. The zero-order valence-corrected chi connectivity index (χ0v) is 7.29. The molecular weight excluding hydrogens is 154 g/mol. The topological polar surface area (TPSA) is 43.1 Å². The first kappa shape index (κ1) is 8.02. The molecule has 2 unspecified atom stereocenters. The summed E-state index contributed by atoms with van der Waals surface area (Å²) in [5, 5.41) is 10.8. The lowest BCUT2D eigenvalue weighted by atomic mass is 9.97. The SMILES string of the molecule is O=[N+]([O-])C12CCCCCCC1C2. The highest BCUT2D eigenvalue weighted by atomic mass is 16.6. The van der Waals surface area contributed by atoms with Gasteiger partial charge in [0, 0.05) is 23.7 Å². The van der Waals surface area contributed by atoms with Gasteiger partial charge in [0.2, 0.25) is 5.54 Å². The smallest absolute Gasteiger partial charge is 0.225 e. The minimum absolute atomic E-state index is 0.0109. The van der Waals surface area contributed by atoms with E-state index < -0.39 is 5.54 Å². The van der Waals surface area contributed by atoms with E-state index in [1.807, 2.05) is 0 Å². The third kappa shape index (κ3) is 1.11. The Morgan fingerprint density at radius 1 is 1.25 bits per heavy atom. The second kappa shape index (κ2) is 2.71. The summed E-state index contributed by atoms with van der Waals surface area (Å²) >= 11 is 0. The molecule has 0 aliphatic heterocycles. The minimum Gasteiger partial charge on any atom is -0.264 e. The molecule has 68 valence electrons. The van der Waals surface area contributed by atoms with Crippen molar-refractivity contribution < 1.29 is 4.92 Å². The fourth-order valence-corrected chi connectivity index (χ4v) is 2.53. The van der Waals surface area contributed by atoms with Gasteiger partial charge < -0.3 is 0 Å². The van der Waals surface area contributed by atoms with E-state index in [-0.39, 0.29) is 4.92 Å². The van der Waals surface area contributed by atoms with E-state index in [9.17, 15) is 10.1 Å². The highest BCUT2D eigenvalue weighted by Crippen LogP contribution is 2.53. The summed E-state index contributed by atoms with van der Waals surface area (Å²) in [7, 11) is 0. The Balaban J connectivity index is 2.03. The predicted molar refractivity (Wildman–Crippen MR) is 45.5 cm³/mol. The Hall–Kier alpha value is -0.600. The van der Waals surface area contributed by atoms with E-state index in [0.29, 0.717) is 5.92 Å². The van der Waals surface area contributed by atoms with E-state index >= 15 is 0 Å². The van der Waals surface area contributed by atoms with Gasteiger partial charge >= 0.3 is 0 Å². The van der Waals surface area contributed by atoms with Gasteiger partial charge in [-0.3, -0.25) is 10.1 Å². The third-order valence-electron chi connectivity index (χ3n) is 3.48. The molecule has 0 heterocycles. The maximum absolute atomic E-state index is 10.8. The molecule has 3 heteroatoms. The van der Waals surface area contributed by atoms with Gasteiger partial charge in [0.25, 0.3) is 0 Å². The Kier molecular flexibility index (Phi) is 1.81. The number of rotatable bonds is 1. The van der Waals surface area contributed by atoms with Crippen LogP contribution in [0.5, 0.6) is 0 Å². The normalized spacial score (nSPS) is 40.8. The Labute approximate surface area is 72.3 Å². The van der Waals surface area contributed by atoms with Gasteiger partial charge in [-0.05, 0) is 12.8 Å². The molecule has 3 nitrogen and oxygen atoms in total. The average molecular weight is 169 g/mol. The van der Waals surface area contributed by atoms with E-state index in [1.165, 1.54) is 19.3 Å². The van der Waals surface area contributed by atoms with E-state index in [1.54, 1.807) is 0 Å². The van der Waals surface area contributed by atoms with Crippen LogP contribution in [0.1, 0.15) is 44.9 Å². The fourth-order valence-electron chi connectivity index (χ4n) is 2.53. The number of fused-ring (bicyclic) bond motifs is 1. The number of nitro groups is 1. The first-order valence-corrected chi connectivity index (χ1v) is 4.90. The molecule has 2 atom stereocenters. The minimum atomic E-state index is -0.458. The standard InChI is InChI=1S/C9H15NO2/c11-10(12)9-6-4-2-1-3-5-8(9)7-9/h8H,1-7H2. The molecule has 0 N–H and O–H groups in total. The molecule has 0 aromatic rings. The molecule has 12 heavy (non-hydrogen) atoms. The lowest BCUT2D eigenvalue weighted by Gasteiger charge is -2.12. The van der Waals surface area contributed by atoms with Crippen molar-refractivity contribution in [1.29, 1.82) is 0 Å². The van der Waals surface area contributed by atoms with Crippen LogP contribution in [0.2, 0.25) is 0 Å². The fraction of sp³-hybridized carbons (Fsp3) is 1.00. The van der Waals surface area contributed by atoms with Gasteiger partial charge in [0.1, 0.15) is 0 Å². The summed E-state index contributed by atoms with van der Waals surface area (Å²) < 4.78 is 0. The van der Waals surface area contributed by atoms with Crippen molar-refractivity contribution in [2.45, 2.75) is 50.5 Å². The zero-order valence-electron chi connectivity index (χ0n) is 7.29. The van der Waals surface area contributed by atoms with Gasteiger partial charge in [-0.1, -0.05) is 19.3 Å². The largest absolute Gasteiger partial charge is 0.264 e. The summed E-state index contributed by atoms with van der Waals surface area (Å²) in [6.07, 6.45) is 7.55. The van der Waals surface area contributed by atoms with Crippen LogP contribution in [0.3, 0.4) is 0 Å². The molecule has 0 spiro atoms. The maximum atomic E-state index is 10.8. The molecule has 0 aromatic carbocycles. The van der Waals surface area contributed by atoms with Crippen molar-refractivity contribution in [3.63, 3.8) is 0 Å². The van der Waals surface area contributed by atoms with Crippen molar-refractivity contribution in [1.82, 2.24) is 0 Å². The number of nitrogens with zero attached hydrogens (tertiary/aromatic N) is 1. The quantitative estimate of drug-likeness (QED) is 0.446. The van der Waals surface area contributed by atoms with E-state index in [2.05, 4.69) is 0 Å². The van der Waals surface area contributed by atoms with E-state index in [0.717, 1.165) is 25.7 Å². The molecule has 2 fully saturated rings. The molecule has 0 aromatic heterocycles. The van der Waals surface area contributed by atoms with Crippen LogP contribution < -0.4 is 0 Å². The van der Waals surface area contributed by atoms with Gasteiger partial charge in [0.05, 0.1) is 0 Å². The van der Waals surface area contributed by atoms with Gasteiger partial charge in [-0.25, -0.2) is 0 Å². The van der Waals surface area contributed by atoms with Crippen molar-refractivity contribution in [3.05, 3.63) is 10.1 Å². The van der Waals surface area contributed by atoms with Crippen molar-refractivity contribution in [2.24, 2.45) is 5.92 Å². The first-order chi connectivity index (χ1) is 5.76. The third-order valence-corrected chi connectivity index (χ3v) is 3.48. The Morgan fingerprint density at radius 2 is 2.00 bits per heavy atom. The maximum Gasteiger partial charge on any atom is 0.225 e. The number of hydrogen-bond donors (Lipinski definition) is 0. The molecule has 2 rings (SSSR count). The lowest BCUT2D eigenvalue weighted by Crippen LogP contribution is -2.24. The van der Waals surface area contributed by atoms with Crippen molar-refractivity contribution >= 4 is 0 Å². The summed E-state index contributed by atoms with van der Waals surface area (Å²) in [6.45, 7) is 0. The van der Waals surface area contributed by atoms with Gasteiger partial charge in [-0.2, -0.15) is 0 Å². The summed E-state index contributed by atoms with van der Waals surface area (Å²) in [4.78, 5) is 10.8. The zero-order chi connectivity index (χ0) is 8.60. The highest BCUT2D eigenvalue weighted by molar-refractivity contribution is 5.04. The summed E-state index contributed by atoms with van der Waals surface area (Å²) in [5.41, 5.74) is -0.458. The second-order valence-corrected chi connectivity index (χ2v) is 4.21. The Morgan fingerprint density at radius 3 is 2.75 bits per heavy atom. The molecule has 0 radical (unpaired) electrons. The monoisotopic (exact) mass is 169 g/mol. The highest BCUT2D eigenvalue weighted by Gasteiger charge is 2.64. The van der Waals surface area contributed by atoms with Crippen LogP contribution in [0.15, 0.2) is 0 Å². The predicted octanol–water partition coefficient (Wildman–Crippen LogP) is 2.38. The average Bonchev–Trinajstić information content (AvgIpc) is 2.63. The van der Waals surface area contributed by atoms with Gasteiger partial charge in [-0.15, -0.1) is 0 Å². The van der Waals surface area contributed by atoms with Crippen molar-refractivity contribution in [2.75, 3.05) is 0 Å². The molecule has 0 bridgehead atoms. The number of hydrogen-bond acceptors (Lipinski definition) is 2. The lowest BCUT2D eigenvalue weighted by molar-refractivity contribution is -0.544. The molecule has 0 saturated heterocycles. The van der Waals surface area contributed by atoms with Crippen LogP contribution in [-0.4, -0.2) is 10.5 Å². The molecule has 2 aliphatic carbocycles. The first-order valence-electron chi connectivity index (χ1n) is 4.90.